The highest BCUT2D eigenvalue weighted by atomic mass is 19.1. The van der Waals surface area contributed by atoms with Gasteiger partial charge in [-0.15, -0.1) is 5.10 Å². The van der Waals surface area contributed by atoms with Crippen LogP contribution in [0, 0.1) is 11.6 Å². The fraction of sp³-hybridized carbons (Fsp3) is 0.304. The molecular weight excluding hydrogens is 799 g/mol. The van der Waals surface area contributed by atoms with Crippen molar-refractivity contribution in [2.75, 3.05) is 26.2 Å². The van der Waals surface area contributed by atoms with Crippen LogP contribution in [-0.4, -0.2) is 89.7 Å². The van der Waals surface area contributed by atoms with Crippen LogP contribution in [0.15, 0.2) is 110 Å². The summed E-state index contributed by atoms with van der Waals surface area (Å²) in [5.41, 5.74) is 1.37. The summed E-state index contributed by atoms with van der Waals surface area (Å²) >= 11 is 0. The lowest BCUT2D eigenvalue weighted by Crippen LogP contribution is -2.40. The first-order valence-electron chi connectivity index (χ1n) is 20.6. The van der Waals surface area contributed by atoms with Gasteiger partial charge in [-0.2, -0.15) is 15.0 Å². The molecule has 4 aromatic carbocycles. The Bertz CT molecular complexity index is 2630. The third-order valence-electron chi connectivity index (χ3n) is 13.5. The van der Waals surface area contributed by atoms with Gasteiger partial charge in [0.05, 0.1) is 71.2 Å². The Hall–Kier alpha value is -7.10. The zero-order valence-corrected chi connectivity index (χ0v) is 33.2. The van der Waals surface area contributed by atoms with E-state index in [4.69, 9.17) is 9.47 Å². The van der Waals surface area contributed by atoms with Crippen LogP contribution < -0.4 is 0 Å². The number of esters is 2. The third-order valence-corrected chi connectivity index (χ3v) is 13.5. The Labute approximate surface area is 353 Å². The topological polar surface area (TPSA) is 155 Å². The van der Waals surface area contributed by atoms with E-state index < -0.39 is 33.7 Å². The Morgan fingerprint density at radius 2 is 1.06 bits per heavy atom. The van der Waals surface area contributed by atoms with E-state index in [1.165, 1.54) is 40.2 Å². The summed E-state index contributed by atoms with van der Waals surface area (Å²) in [6.07, 6.45) is 9.70. The van der Waals surface area contributed by atoms with Gasteiger partial charge < -0.3 is 19.3 Å². The van der Waals surface area contributed by atoms with Crippen molar-refractivity contribution in [3.8, 4) is 11.4 Å². The maximum Gasteiger partial charge on any atom is 0.339 e. The quantitative estimate of drug-likeness (QED) is 0.197. The molecule has 2 aliphatic carbocycles. The van der Waals surface area contributed by atoms with Crippen LogP contribution in [0.2, 0.25) is 0 Å². The second-order valence-electron chi connectivity index (χ2n) is 17.0. The molecule has 6 aliphatic rings. The average molecular weight is 837 g/mol. The molecule has 312 valence electrons. The number of amides is 2. The molecule has 2 spiro atoms. The minimum absolute atomic E-state index is 0.0998. The maximum absolute atomic E-state index is 15.1. The highest BCUT2D eigenvalue weighted by Crippen LogP contribution is 2.54. The van der Waals surface area contributed by atoms with E-state index in [0.717, 1.165) is 11.1 Å². The second kappa shape index (κ2) is 13.7. The number of hydrogen-bond donors (Lipinski definition) is 0. The zero-order valence-electron chi connectivity index (χ0n) is 33.2. The molecule has 6 aromatic rings. The highest BCUT2D eigenvalue weighted by Gasteiger charge is 2.60. The lowest BCUT2D eigenvalue weighted by molar-refractivity contribution is -0.134. The number of likely N-dealkylation sites (tertiary alicyclic amines) is 2. The van der Waals surface area contributed by atoms with Gasteiger partial charge in [-0.05, 0) is 56.0 Å². The number of carbonyl (C=O) groups excluding carboxylic acids is 4. The molecule has 4 fully saturated rings. The van der Waals surface area contributed by atoms with Crippen LogP contribution >= 0.6 is 0 Å². The molecule has 16 heteroatoms. The minimum Gasteiger partial charge on any atom is -0.449 e. The summed E-state index contributed by atoms with van der Waals surface area (Å²) in [7, 11) is 0. The van der Waals surface area contributed by atoms with E-state index in [0.29, 0.717) is 98.3 Å². The fourth-order valence-electron chi connectivity index (χ4n) is 10.0. The summed E-state index contributed by atoms with van der Waals surface area (Å²) in [6, 6.07) is 24.2. The van der Waals surface area contributed by atoms with Gasteiger partial charge in [-0.3, -0.25) is 9.59 Å². The van der Waals surface area contributed by atoms with Gasteiger partial charge in [0.15, 0.2) is 11.2 Å². The molecule has 14 nitrogen and oxygen atoms in total. The van der Waals surface area contributed by atoms with Gasteiger partial charge in [-0.1, -0.05) is 53.7 Å². The third kappa shape index (κ3) is 5.79. The number of nitrogens with zero attached hydrogens (tertiary/aromatic N) is 8. The molecule has 0 bridgehead atoms. The van der Waals surface area contributed by atoms with Gasteiger partial charge >= 0.3 is 11.9 Å². The van der Waals surface area contributed by atoms with Crippen LogP contribution in [-0.2, 0) is 41.1 Å². The number of halogens is 2. The molecule has 0 radical (unpaired) electrons. The minimum atomic E-state index is -0.853. The van der Waals surface area contributed by atoms with Crippen molar-refractivity contribution in [3.63, 3.8) is 0 Å². The summed E-state index contributed by atoms with van der Waals surface area (Å²) in [5, 5.41) is 15.7. The number of aromatic nitrogens is 6. The van der Waals surface area contributed by atoms with E-state index in [9.17, 15) is 19.2 Å². The van der Waals surface area contributed by atoms with Crippen molar-refractivity contribution in [1.29, 1.82) is 0 Å². The Morgan fingerprint density at radius 1 is 0.581 bits per heavy atom. The van der Waals surface area contributed by atoms with Gasteiger partial charge in [0.1, 0.15) is 11.6 Å². The van der Waals surface area contributed by atoms with Gasteiger partial charge in [0, 0.05) is 54.3 Å². The Morgan fingerprint density at radius 3 is 1.53 bits per heavy atom. The normalized spacial score (nSPS) is 23.1. The van der Waals surface area contributed by atoms with Crippen molar-refractivity contribution in [2.24, 2.45) is 0 Å². The zero-order chi connectivity index (χ0) is 42.4. The molecule has 12 rings (SSSR count). The van der Waals surface area contributed by atoms with E-state index in [1.54, 1.807) is 58.5 Å². The lowest BCUT2D eigenvalue weighted by Gasteiger charge is -2.27. The number of fused-ring (bicyclic) bond motifs is 4. The van der Waals surface area contributed by atoms with E-state index in [-0.39, 0.29) is 23.8 Å². The monoisotopic (exact) mass is 836 g/mol. The van der Waals surface area contributed by atoms with Crippen LogP contribution in [0.25, 0.3) is 11.4 Å². The predicted octanol–water partition coefficient (Wildman–Crippen LogP) is 5.47. The first-order valence-corrected chi connectivity index (χ1v) is 20.6. The highest BCUT2D eigenvalue weighted by molar-refractivity contribution is 5.97. The molecule has 2 aromatic heterocycles. The average Bonchev–Trinajstić information content (AvgIpc) is 3.72. The summed E-state index contributed by atoms with van der Waals surface area (Å²) in [6.45, 7) is 1.54. The molecular formula is C46H38F2N8O6. The first kappa shape index (κ1) is 37.9. The molecule has 6 heterocycles. The van der Waals surface area contributed by atoms with Crippen molar-refractivity contribution in [1.82, 2.24) is 39.8 Å². The smallest absolute Gasteiger partial charge is 0.339 e. The van der Waals surface area contributed by atoms with Crippen molar-refractivity contribution >= 4 is 23.8 Å². The molecule has 2 amide bonds. The molecule has 2 saturated heterocycles. The maximum atomic E-state index is 15.1. The molecule has 2 atom stereocenters. The van der Waals surface area contributed by atoms with Crippen LogP contribution in [0.5, 0.6) is 0 Å². The van der Waals surface area contributed by atoms with E-state index >= 15 is 8.78 Å². The number of rotatable bonds is 6. The summed E-state index contributed by atoms with van der Waals surface area (Å²) < 4.78 is 43.1. The number of benzene rings is 4. The van der Waals surface area contributed by atoms with Gasteiger partial charge in [0.2, 0.25) is 11.8 Å². The first-order chi connectivity index (χ1) is 30.0. The largest absolute Gasteiger partial charge is 0.449 e. The molecule has 0 N–H and O–H groups in total. The van der Waals surface area contributed by atoms with Gasteiger partial charge in [-0.25, -0.2) is 23.1 Å². The van der Waals surface area contributed by atoms with E-state index in [2.05, 4.69) is 20.5 Å². The number of carbonyl (C=O) groups is 4. The standard InChI is InChI=1S/2C23H19FN4O3/c24-19-13-15(28-25-10-11-26-28)5-6-18(19)22(7-8-22)21(30)27-12-9-23(14-27)17-4-2-1-3-16(17)20(29)31-23;24-19-13-15(28-12-10-25-26-28)5-6-18(19)22(7-8-22)21(30)27-11-9-23(14-27)17-4-2-1-3-16(17)20(29)31-23/h1-6,10-11,13H,7-9,12,14H2;1-6,10,12-13H,7-9,11,14H2. The van der Waals surface area contributed by atoms with Gasteiger partial charge in [0.25, 0.3) is 0 Å². The van der Waals surface area contributed by atoms with Crippen molar-refractivity contribution < 1.29 is 37.4 Å². The van der Waals surface area contributed by atoms with Crippen molar-refractivity contribution in [2.45, 2.75) is 60.6 Å². The second-order valence-corrected chi connectivity index (χ2v) is 17.0. The Balaban J connectivity index is 0.000000139. The Kier molecular flexibility index (Phi) is 8.37. The summed E-state index contributed by atoms with van der Waals surface area (Å²) in [4.78, 5) is 56.5. The predicted molar refractivity (Wildman–Crippen MR) is 214 cm³/mol. The number of hydrogen-bond acceptors (Lipinski definition) is 10. The fourth-order valence-corrected chi connectivity index (χ4v) is 10.0. The summed E-state index contributed by atoms with van der Waals surface area (Å²) in [5.74, 6) is -1.76. The number of ether oxygens (including phenoxy) is 2. The van der Waals surface area contributed by atoms with Crippen LogP contribution in [0.1, 0.15) is 81.5 Å². The molecule has 62 heavy (non-hydrogen) atoms. The molecule has 2 saturated carbocycles. The SMILES string of the molecule is O=C1OC2(CCN(C(=O)C3(c4ccc(-n5ccnn5)cc4F)CC3)C2)c2ccccc21.O=C1OC2(CCN(C(=O)C3(c4ccc(-n5nccn5)cc4F)CC3)C2)c2ccccc21. The van der Waals surface area contributed by atoms with E-state index in [1.807, 2.05) is 30.3 Å². The van der Waals surface area contributed by atoms with Crippen LogP contribution in [0.3, 0.4) is 0 Å². The van der Waals surface area contributed by atoms with Crippen molar-refractivity contribution in [3.05, 3.63) is 155 Å². The molecule has 2 unspecified atom stereocenters. The van der Waals surface area contributed by atoms with Crippen LogP contribution in [0.4, 0.5) is 8.78 Å². The lowest BCUT2D eigenvalue weighted by atomic mass is 9.91. The molecule has 4 aliphatic heterocycles.